The first-order chi connectivity index (χ1) is 7.30. The molecule has 1 fully saturated rings. The number of hydrogen-bond acceptors (Lipinski definition) is 2. The maximum Gasteiger partial charge on any atom is 0.139 e. The van der Waals surface area contributed by atoms with Gasteiger partial charge in [-0.3, -0.25) is 0 Å². The summed E-state index contributed by atoms with van der Waals surface area (Å²) in [4.78, 5) is -0.00567. The van der Waals surface area contributed by atoms with Crippen LogP contribution in [0.2, 0.25) is 0 Å². The maximum absolute atomic E-state index is 6.04. The highest BCUT2D eigenvalue weighted by Gasteiger charge is 2.41. The fourth-order valence-electron chi connectivity index (χ4n) is 2.45. The van der Waals surface area contributed by atoms with E-state index in [0.717, 1.165) is 19.4 Å². The Morgan fingerprint density at radius 3 is 3.13 bits per heavy atom. The van der Waals surface area contributed by atoms with Gasteiger partial charge in [-0.1, -0.05) is 22.0 Å². The summed E-state index contributed by atoms with van der Waals surface area (Å²) < 4.78 is 7.22. The predicted molar refractivity (Wildman–Crippen MR) is 67.2 cm³/mol. The van der Waals surface area contributed by atoms with Crippen molar-refractivity contribution in [2.45, 2.75) is 24.2 Å². The molecule has 0 amide bonds. The Morgan fingerprint density at radius 1 is 1.40 bits per heavy atom. The SMILES string of the molecule is Brc1ccc2c(c1)CCC21OCCCS1. The average molecular weight is 285 g/mol. The van der Waals surface area contributed by atoms with Crippen molar-refractivity contribution >= 4 is 27.7 Å². The van der Waals surface area contributed by atoms with Gasteiger partial charge in [-0.15, -0.1) is 11.8 Å². The van der Waals surface area contributed by atoms with Crippen molar-refractivity contribution in [3.05, 3.63) is 33.8 Å². The third-order valence-corrected chi connectivity index (χ3v) is 5.15. The number of hydrogen-bond donors (Lipinski definition) is 0. The van der Waals surface area contributed by atoms with Gasteiger partial charge in [0.2, 0.25) is 0 Å². The smallest absolute Gasteiger partial charge is 0.139 e. The van der Waals surface area contributed by atoms with E-state index in [0.29, 0.717) is 0 Å². The summed E-state index contributed by atoms with van der Waals surface area (Å²) in [5.74, 6) is 1.23. The molecule has 1 nitrogen and oxygen atoms in total. The number of halogens is 1. The molecule has 0 radical (unpaired) electrons. The molecule has 1 aromatic rings. The third kappa shape index (κ3) is 1.65. The quantitative estimate of drug-likeness (QED) is 0.718. The van der Waals surface area contributed by atoms with Crippen LogP contribution < -0.4 is 0 Å². The minimum absolute atomic E-state index is 0.00567. The van der Waals surface area contributed by atoms with Crippen molar-refractivity contribution in [1.29, 1.82) is 0 Å². The summed E-state index contributed by atoms with van der Waals surface area (Å²) in [5.41, 5.74) is 2.87. The van der Waals surface area contributed by atoms with Crippen LogP contribution in [-0.4, -0.2) is 12.4 Å². The fourth-order valence-corrected chi connectivity index (χ4v) is 4.22. The van der Waals surface area contributed by atoms with Gasteiger partial charge in [-0.05, 0) is 48.3 Å². The minimum atomic E-state index is -0.00567. The van der Waals surface area contributed by atoms with Gasteiger partial charge in [0.05, 0.1) is 0 Å². The van der Waals surface area contributed by atoms with E-state index in [1.165, 1.54) is 27.8 Å². The summed E-state index contributed by atoms with van der Waals surface area (Å²) in [6, 6.07) is 6.60. The van der Waals surface area contributed by atoms with Crippen LogP contribution in [0.1, 0.15) is 24.0 Å². The molecule has 80 valence electrons. The number of rotatable bonds is 0. The lowest BCUT2D eigenvalue weighted by Crippen LogP contribution is -2.28. The Hall–Kier alpha value is 0.01000. The molecule has 1 atom stereocenters. The van der Waals surface area contributed by atoms with Gasteiger partial charge in [0.15, 0.2) is 0 Å². The molecule has 1 aromatic carbocycles. The van der Waals surface area contributed by atoms with Crippen LogP contribution in [0.4, 0.5) is 0 Å². The molecule has 2 aliphatic rings. The lowest BCUT2D eigenvalue weighted by molar-refractivity contribution is 0.0178. The molecular formula is C12H13BrOS. The van der Waals surface area contributed by atoms with Gasteiger partial charge in [-0.25, -0.2) is 0 Å². The largest absolute Gasteiger partial charge is 0.360 e. The van der Waals surface area contributed by atoms with Crippen LogP contribution in [0.3, 0.4) is 0 Å². The van der Waals surface area contributed by atoms with Crippen molar-refractivity contribution in [3.63, 3.8) is 0 Å². The van der Waals surface area contributed by atoms with E-state index in [1.54, 1.807) is 0 Å². The summed E-state index contributed by atoms with van der Waals surface area (Å²) in [6.45, 7) is 0.919. The molecule has 1 aliphatic carbocycles. The Morgan fingerprint density at radius 2 is 2.33 bits per heavy atom. The first-order valence-corrected chi connectivity index (χ1v) is 7.15. The van der Waals surface area contributed by atoms with E-state index in [9.17, 15) is 0 Å². The summed E-state index contributed by atoms with van der Waals surface area (Å²) >= 11 is 5.51. The standard InChI is InChI=1S/C12H13BrOS/c13-10-2-3-11-9(8-10)4-5-12(11)14-6-1-7-15-12/h2-3,8H,1,4-7H2. The van der Waals surface area contributed by atoms with E-state index in [1.807, 2.05) is 11.8 Å². The molecule has 3 heteroatoms. The van der Waals surface area contributed by atoms with E-state index >= 15 is 0 Å². The normalized spacial score (nSPS) is 29.4. The maximum atomic E-state index is 6.04. The first kappa shape index (κ1) is 10.2. The predicted octanol–water partition coefficient (Wildman–Crippen LogP) is 3.70. The first-order valence-electron chi connectivity index (χ1n) is 5.37. The van der Waals surface area contributed by atoms with Gasteiger partial charge in [0, 0.05) is 11.1 Å². The molecule has 1 heterocycles. The average Bonchev–Trinajstić information content (AvgIpc) is 2.58. The van der Waals surface area contributed by atoms with Crippen LogP contribution in [0.5, 0.6) is 0 Å². The van der Waals surface area contributed by atoms with Crippen LogP contribution in [-0.2, 0) is 16.1 Å². The molecule has 0 N–H and O–H groups in total. The molecule has 1 saturated heterocycles. The van der Waals surface area contributed by atoms with E-state index < -0.39 is 0 Å². The molecule has 15 heavy (non-hydrogen) atoms. The molecular weight excluding hydrogens is 272 g/mol. The van der Waals surface area contributed by atoms with E-state index in [2.05, 4.69) is 34.1 Å². The number of thioether (sulfide) groups is 1. The summed E-state index contributed by atoms with van der Waals surface area (Å²) in [6.07, 6.45) is 3.49. The zero-order chi connectivity index (χ0) is 10.3. The molecule has 0 saturated carbocycles. The number of benzene rings is 1. The summed E-state index contributed by atoms with van der Waals surface area (Å²) in [7, 11) is 0. The van der Waals surface area contributed by atoms with Crippen molar-refractivity contribution in [2.24, 2.45) is 0 Å². The lowest BCUT2D eigenvalue weighted by atomic mass is 10.1. The van der Waals surface area contributed by atoms with Gasteiger partial charge in [-0.2, -0.15) is 0 Å². The highest BCUT2D eigenvalue weighted by atomic mass is 79.9. The van der Waals surface area contributed by atoms with Gasteiger partial charge < -0.3 is 4.74 Å². The molecule has 1 spiro atoms. The molecule has 1 unspecified atom stereocenters. The van der Waals surface area contributed by atoms with Crippen molar-refractivity contribution in [2.75, 3.05) is 12.4 Å². The number of ether oxygens (including phenoxy) is 1. The second-order valence-electron chi connectivity index (χ2n) is 4.10. The zero-order valence-corrected chi connectivity index (χ0v) is 10.9. The van der Waals surface area contributed by atoms with Crippen molar-refractivity contribution < 1.29 is 4.74 Å². The third-order valence-electron chi connectivity index (χ3n) is 3.16. The highest BCUT2D eigenvalue weighted by Crippen LogP contribution is 2.50. The Kier molecular flexibility index (Phi) is 2.57. The van der Waals surface area contributed by atoms with Crippen LogP contribution in [0.15, 0.2) is 22.7 Å². The fraction of sp³-hybridized carbons (Fsp3) is 0.500. The van der Waals surface area contributed by atoms with Crippen molar-refractivity contribution in [1.82, 2.24) is 0 Å². The summed E-state index contributed by atoms with van der Waals surface area (Å²) in [5, 5.41) is 0. The van der Waals surface area contributed by atoms with Crippen molar-refractivity contribution in [3.8, 4) is 0 Å². The molecule has 1 aliphatic heterocycles. The highest BCUT2D eigenvalue weighted by molar-refractivity contribution is 9.10. The Labute approximate surface area is 103 Å². The Balaban J connectivity index is 2.03. The number of aryl methyl sites for hydroxylation is 1. The van der Waals surface area contributed by atoms with Crippen LogP contribution in [0, 0.1) is 0 Å². The van der Waals surface area contributed by atoms with E-state index in [-0.39, 0.29) is 4.93 Å². The van der Waals surface area contributed by atoms with Gasteiger partial charge >= 0.3 is 0 Å². The lowest BCUT2D eigenvalue weighted by Gasteiger charge is -2.33. The topological polar surface area (TPSA) is 9.23 Å². The van der Waals surface area contributed by atoms with Crippen LogP contribution >= 0.6 is 27.7 Å². The van der Waals surface area contributed by atoms with Gasteiger partial charge in [0.25, 0.3) is 0 Å². The second-order valence-corrected chi connectivity index (χ2v) is 6.38. The monoisotopic (exact) mass is 284 g/mol. The molecule has 0 bridgehead atoms. The van der Waals surface area contributed by atoms with E-state index in [4.69, 9.17) is 4.74 Å². The molecule has 0 aromatic heterocycles. The second kappa shape index (κ2) is 3.79. The Bertz CT molecular complexity index is 385. The van der Waals surface area contributed by atoms with Crippen LogP contribution in [0.25, 0.3) is 0 Å². The minimum Gasteiger partial charge on any atom is -0.360 e. The van der Waals surface area contributed by atoms with Gasteiger partial charge in [0.1, 0.15) is 4.93 Å². The zero-order valence-electron chi connectivity index (χ0n) is 8.46. The molecule has 3 rings (SSSR count). The number of fused-ring (bicyclic) bond motifs is 2.